The van der Waals surface area contributed by atoms with E-state index in [-0.39, 0.29) is 16.7 Å². The topological polar surface area (TPSA) is 72.0 Å². The first kappa shape index (κ1) is 13.0. The lowest BCUT2D eigenvalue weighted by Gasteiger charge is -2.26. The van der Waals surface area contributed by atoms with E-state index in [1.165, 1.54) is 24.5 Å². The summed E-state index contributed by atoms with van der Waals surface area (Å²) in [5, 5.41) is 3.15. The van der Waals surface area contributed by atoms with Gasteiger partial charge in [0.1, 0.15) is 12.1 Å². The van der Waals surface area contributed by atoms with E-state index in [9.17, 15) is 12.8 Å². The molecular weight excluding hydrogens is 281 g/mol. The van der Waals surface area contributed by atoms with Gasteiger partial charge in [-0.15, -0.1) is 0 Å². The average Bonchev–Trinajstić information content (AvgIpc) is 2.43. The monoisotopic (exact) mass is 293 g/mol. The molecule has 0 fully saturated rings. The van der Waals surface area contributed by atoms with Crippen LogP contribution in [0.3, 0.4) is 0 Å². The number of hydrogen-bond acceptors (Lipinski definition) is 5. The number of hydrogen-bond donors (Lipinski definition) is 1. The van der Waals surface area contributed by atoms with Crippen molar-refractivity contribution >= 4 is 15.5 Å². The molecule has 2 heterocycles. The maximum Gasteiger partial charge on any atom is 0.178 e. The average molecular weight is 293 g/mol. The summed E-state index contributed by atoms with van der Waals surface area (Å²) in [7, 11) is -3.32. The fourth-order valence-electron chi connectivity index (χ4n) is 2.34. The molecule has 7 heteroatoms. The first-order valence-electron chi connectivity index (χ1n) is 6.10. The Bertz CT molecular complexity index is 735. The van der Waals surface area contributed by atoms with Crippen LogP contribution in [-0.4, -0.2) is 24.1 Å². The lowest BCUT2D eigenvalue weighted by atomic mass is 10.0. The predicted molar refractivity (Wildman–Crippen MR) is 71.5 cm³/mol. The van der Waals surface area contributed by atoms with Gasteiger partial charge in [-0.05, 0) is 30.2 Å². The van der Waals surface area contributed by atoms with Gasteiger partial charge in [-0.1, -0.05) is 0 Å². The molecule has 0 saturated heterocycles. The second-order valence-corrected chi connectivity index (χ2v) is 6.69. The van der Waals surface area contributed by atoms with Gasteiger partial charge in [0.2, 0.25) is 0 Å². The van der Waals surface area contributed by atoms with Gasteiger partial charge in [-0.3, -0.25) is 0 Å². The third kappa shape index (κ3) is 2.36. The Kier molecular flexibility index (Phi) is 3.13. The van der Waals surface area contributed by atoms with Crippen molar-refractivity contribution in [2.24, 2.45) is 0 Å². The molecule has 0 radical (unpaired) electrons. The summed E-state index contributed by atoms with van der Waals surface area (Å²) in [5.41, 5.74) is 1.13. The summed E-state index contributed by atoms with van der Waals surface area (Å²) < 4.78 is 37.4. The van der Waals surface area contributed by atoms with E-state index in [0.29, 0.717) is 17.7 Å². The Morgan fingerprint density at radius 2 is 2.00 bits per heavy atom. The van der Waals surface area contributed by atoms with Crippen molar-refractivity contribution in [3.05, 3.63) is 48.3 Å². The van der Waals surface area contributed by atoms with Gasteiger partial charge >= 0.3 is 0 Å². The van der Waals surface area contributed by atoms with Crippen LogP contribution in [-0.2, 0) is 9.84 Å². The summed E-state index contributed by atoms with van der Waals surface area (Å²) in [6.45, 7) is 0. The third-order valence-corrected chi connectivity index (χ3v) is 5.07. The Morgan fingerprint density at radius 3 is 2.75 bits per heavy atom. The first-order valence-corrected chi connectivity index (χ1v) is 7.75. The van der Waals surface area contributed by atoms with Crippen molar-refractivity contribution in [1.29, 1.82) is 0 Å². The summed E-state index contributed by atoms with van der Waals surface area (Å²) in [6.07, 6.45) is 4.97. The number of benzene rings is 1. The van der Waals surface area contributed by atoms with Crippen LogP contribution in [0.1, 0.15) is 18.0 Å². The predicted octanol–water partition coefficient (Wildman–Crippen LogP) is 1.95. The Labute approximate surface area is 115 Å². The fraction of sp³-hybridized carbons (Fsp3) is 0.231. The highest BCUT2D eigenvalue weighted by Crippen LogP contribution is 2.34. The normalized spacial score (nSPS) is 20.1. The number of rotatable bonds is 2. The van der Waals surface area contributed by atoms with E-state index in [2.05, 4.69) is 15.3 Å². The molecular formula is C13H12FN3O2S. The van der Waals surface area contributed by atoms with Crippen molar-refractivity contribution in [3.8, 4) is 0 Å². The summed E-state index contributed by atoms with van der Waals surface area (Å²) >= 11 is 0. The van der Waals surface area contributed by atoms with Gasteiger partial charge in [-0.2, -0.15) is 0 Å². The van der Waals surface area contributed by atoms with Crippen molar-refractivity contribution in [2.75, 3.05) is 11.1 Å². The minimum Gasteiger partial charge on any atom is -0.376 e. The van der Waals surface area contributed by atoms with Gasteiger partial charge in [0.15, 0.2) is 9.84 Å². The number of sulfone groups is 1. The van der Waals surface area contributed by atoms with Crippen LogP contribution in [0.4, 0.5) is 10.1 Å². The second kappa shape index (κ2) is 4.82. The zero-order valence-corrected chi connectivity index (χ0v) is 11.3. The highest BCUT2D eigenvalue weighted by Gasteiger charge is 2.30. The second-order valence-electron chi connectivity index (χ2n) is 4.61. The SMILES string of the molecule is O=S1(=O)CCC(Nc2cncnc2)c2cc(F)ccc21. The molecule has 5 nitrogen and oxygen atoms in total. The Balaban J connectivity index is 2.01. The van der Waals surface area contributed by atoms with Gasteiger partial charge in [0.25, 0.3) is 0 Å². The molecule has 1 aliphatic heterocycles. The number of nitrogens with one attached hydrogen (secondary N) is 1. The Hall–Kier alpha value is -2.02. The maximum absolute atomic E-state index is 13.4. The number of anilines is 1. The largest absolute Gasteiger partial charge is 0.376 e. The van der Waals surface area contributed by atoms with E-state index in [1.54, 1.807) is 12.4 Å². The van der Waals surface area contributed by atoms with E-state index >= 15 is 0 Å². The van der Waals surface area contributed by atoms with Crippen LogP contribution in [0.25, 0.3) is 0 Å². The molecule has 0 bridgehead atoms. The molecule has 1 aromatic heterocycles. The molecule has 0 saturated carbocycles. The van der Waals surface area contributed by atoms with Gasteiger partial charge in [0, 0.05) is 0 Å². The standard InChI is InChI=1S/C13H12FN3O2S/c14-9-1-2-13-11(5-9)12(3-4-20(13,18)19)17-10-6-15-8-16-7-10/h1-2,5-8,12,17H,3-4H2. The maximum atomic E-state index is 13.4. The number of aromatic nitrogens is 2. The molecule has 0 aliphatic carbocycles. The molecule has 1 N–H and O–H groups in total. The first-order chi connectivity index (χ1) is 9.56. The Morgan fingerprint density at radius 1 is 1.25 bits per heavy atom. The molecule has 3 rings (SSSR count). The van der Waals surface area contributed by atoms with Crippen molar-refractivity contribution in [1.82, 2.24) is 9.97 Å². The number of halogens is 1. The molecule has 2 aromatic rings. The van der Waals surface area contributed by atoms with Gasteiger partial charge < -0.3 is 5.32 Å². The summed E-state index contributed by atoms with van der Waals surface area (Å²) in [5.74, 6) is -0.409. The zero-order chi connectivity index (χ0) is 14.2. The number of fused-ring (bicyclic) bond motifs is 1. The quantitative estimate of drug-likeness (QED) is 0.857. The highest BCUT2D eigenvalue weighted by atomic mass is 32.2. The van der Waals surface area contributed by atoms with Gasteiger partial charge in [0.05, 0.1) is 34.8 Å². The van der Waals surface area contributed by atoms with E-state index in [1.807, 2.05) is 0 Å². The van der Waals surface area contributed by atoms with Crippen LogP contribution >= 0.6 is 0 Å². The van der Waals surface area contributed by atoms with Crippen LogP contribution in [0.2, 0.25) is 0 Å². The van der Waals surface area contributed by atoms with Crippen LogP contribution in [0.5, 0.6) is 0 Å². The van der Waals surface area contributed by atoms with Crippen molar-refractivity contribution in [2.45, 2.75) is 17.4 Å². The van der Waals surface area contributed by atoms with Gasteiger partial charge in [-0.25, -0.2) is 22.8 Å². The molecule has 1 unspecified atom stereocenters. The van der Waals surface area contributed by atoms with E-state index < -0.39 is 15.7 Å². The lowest BCUT2D eigenvalue weighted by molar-refractivity contribution is 0.570. The molecule has 0 amide bonds. The van der Waals surface area contributed by atoms with Crippen molar-refractivity contribution < 1.29 is 12.8 Å². The lowest BCUT2D eigenvalue weighted by Crippen LogP contribution is -2.25. The molecule has 20 heavy (non-hydrogen) atoms. The summed E-state index contributed by atoms with van der Waals surface area (Å²) in [6, 6.07) is 3.50. The molecule has 1 aliphatic rings. The molecule has 1 atom stereocenters. The fourth-order valence-corrected chi connectivity index (χ4v) is 3.94. The number of nitrogens with zero attached hydrogens (tertiary/aromatic N) is 2. The van der Waals surface area contributed by atoms with Crippen LogP contribution in [0.15, 0.2) is 41.8 Å². The minimum absolute atomic E-state index is 0.0387. The van der Waals surface area contributed by atoms with Crippen LogP contribution < -0.4 is 5.32 Å². The zero-order valence-electron chi connectivity index (χ0n) is 10.5. The summed E-state index contributed by atoms with van der Waals surface area (Å²) in [4.78, 5) is 7.97. The minimum atomic E-state index is -3.32. The molecule has 104 valence electrons. The third-order valence-electron chi connectivity index (χ3n) is 3.26. The van der Waals surface area contributed by atoms with Crippen LogP contribution in [0, 0.1) is 5.82 Å². The molecule has 1 aromatic carbocycles. The van der Waals surface area contributed by atoms with E-state index in [0.717, 1.165) is 0 Å². The highest BCUT2D eigenvalue weighted by molar-refractivity contribution is 7.91. The van der Waals surface area contributed by atoms with E-state index in [4.69, 9.17) is 0 Å². The van der Waals surface area contributed by atoms with Crippen molar-refractivity contribution in [3.63, 3.8) is 0 Å². The smallest absolute Gasteiger partial charge is 0.178 e. The molecule has 0 spiro atoms.